The number of carbonyl (C=O) groups excluding carboxylic acids is 2. The minimum atomic E-state index is 0. The Hall–Kier alpha value is -0.810. The quantitative estimate of drug-likeness (QED) is 0.696. The number of hydrogen-bond acceptors (Lipinski definition) is 3. The van der Waals surface area contributed by atoms with Gasteiger partial charge in [0.25, 0.3) is 0 Å². The van der Waals surface area contributed by atoms with Crippen LogP contribution in [0.1, 0.15) is 59.3 Å². The molecular formula is C17H34ClN3O2. The van der Waals surface area contributed by atoms with Gasteiger partial charge in [-0.15, -0.1) is 12.4 Å². The van der Waals surface area contributed by atoms with Crippen LogP contribution in [0.5, 0.6) is 0 Å². The third kappa shape index (κ3) is 7.08. The molecule has 1 aliphatic rings. The Bertz CT molecular complexity index is 373. The number of nitrogens with two attached hydrogens (primary N) is 1. The van der Waals surface area contributed by atoms with E-state index in [1.54, 1.807) is 0 Å². The van der Waals surface area contributed by atoms with Crippen molar-refractivity contribution >= 4 is 24.2 Å². The lowest BCUT2D eigenvalue weighted by molar-refractivity contribution is -0.132. The monoisotopic (exact) mass is 347 g/mol. The van der Waals surface area contributed by atoms with E-state index in [0.29, 0.717) is 25.8 Å². The predicted octanol–water partition coefficient (Wildman–Crippen LogP) is 2.42. The van der Waals surface area contributed by atoms with Crippen LogP contribution in [0.25, 0.3) is 0 Å². The van der Waals surface area contributed by atoms with Crippen molar-refractivity contribution in [1.29, 1.82) is 0 Å². The van der Waals surface area contributed by atoms with Crippen molar-refractivity contribution < 1.29 is 9.59 Å². The van der Waals surface area contributed by atoms with Crippen molar-refractivity contribution in [1.82, 2.24) is 9.80 Å². The van der Waals surface area contributed by atoms with E-state index in [1.165, 1.54) is 0 Å². The van der Waals surface area contributed by atoms with Gasteiger partial charge in [0.15, 0.2) is 0 Å². The Kier molecular flexibility index (Phi) is 10.5. The van der Waals surface area contributed by atoms with E-state index < -0.39 is 0 Å². The van der Waals surface area contributed by atoms with Crippen molar-refractivity contribution in [2.75, 3.05) is 32.7 Å². The maximum atomic E-state index is 12.2. The Morgan fingerprint density at radius 2 is 1.78 bits per heavy atom. The molecule has 0 aromatic carbocycles. The van der Waals surface area contributed by atoms with Gasteiger partial charge in [-0.2, -0.15) is 0 Å². The average Bonchev–Trinajstić information content (AvgIpc) is 2.90. The Morgan fingerprint density at radius 3 is 2.26 bits per heavy atom. The standard InChI is InChI=1S/C17H33N3O2.ClH/c1-4-10-19(11-5-2)15(21)7-6-8-16(22)20-12-9-17(3,13-18)14-20;/h4-14,18H2,1-3H3;1H. The lowest BCUT2D eigenvalue weighted by Gasteiger charge is -2.23. The summed E-state index contributed by atoms with van der Waals surface area (Å²) in [5.41, 5.74) is 5.85. The second kappa shape index (κ2) is 10.9. The first-order valence-electron chi connectivity index (χ1n) is 8.71. The third-order valence-electron chi connectivity index (χ3n) is 4.52. The minimum Gasteiger partial charge on any atom is -0.343 e. The van der Waals surface area contributed by atoms with Crippen molar-refractivity contribution in [3.05, 3.63) is 0 Å². The number of halogens is 1. The molecule has 1 aliphatic heterocycles. The van der Waals surface area contributed by atoms with E-state index in [2.05, 4.69) is 20.8 Å². The van der Waals surface area contributed by atoms with Crippen LogP contribution in [0, 0.1) is 5.41 Å². The van der Waals surface area contributed by atoms with E-state index in [-0.39, 0.29) is 29.6 Å². The van der Waals surface area contributed by atoms with Gasteiger partial charge in [-0.3, -0.25) is 9.59 Å². The highest BCUT2D eigenvalue weighted by Crippen LogP contribution is 2.28. The van der Waals surface area contributed by atoms with Gasteiger partial charge < -0.3 is 15.5 Å². The molecule has 0 bridgehead atoms. The summed E-state index contributed by atoms with van der Waals surface area (Å²) < 4.78 is 0. The van der Waals surface area contributed by atoms with E-state index in [0.717, 1.165) is 45.4 Å². The molecule has 6 heteroatoms. The van der Waals surface area contributed by atoms with E-state index in [4.69, 9.17) is 5.73 Å². The highest BCUT2D eigenvalue weighted by atomic mass is 35.5. The van der Waals surface area contributed by atoms with Gasteiger partial charge in [-0.1, -0.05) is 20.8 Å². The van der Waals surface area contributed by atoms with Crippen LogP contribution in [-0.4, -0.2) is 54.3 Å². The van der Waals surface area contributed by atoms with Crippen molar-refractivity contribution in [3.8, 4) is 0 Å². The molecule has 5 nitrogen and oxygen atoms in total. The first-order chi connectivity index (χ1) is 10.5. The summed E-state index contributed by atoms with van der Waals surface area (Å²) in [5, 5.41) is 0. The van der Waals surface area contributed by atoms with Crippen LogP contribution in [0.3, 0.4) is 0 Å². The molecule has 2 amide bonds. The fraction of sp³-hybridized carbons (Fsp3) is 0.882. The number of carbonyl (C=O) groups is 2. The average molecular weight is 348 g/mol. The maximum absolute atomic E-state index is 12.2. The second-order valence-electron chi connectivity index (χ2n) is 6.81. The zero-order valence-electron chi connectivity index (χ0n) is 15.0. The fourth-order valence-electron chi connectivity index (χ4n) is 3.01. The van der Waals surface area contributed by atoms with E-state index in [9.17, 15) is 9.59 Å². The van der Waals surface area contributed by atoms with E-state index in [1.807, 2.05) is 9.80 Å². The topological polar surface area (TPSA) is 66.6 Å². The van der Waals surface area contributed by atoms with Gasteiger partial charge in [-0.25, -0.2) is 0 Å². The van der Waals surface area contributed by atoms with Gasteiger partial charge in [-0.05, 0) is 37.6 Å². The van der Waals surface area contributed by atoms with E-state index >= 15 is 0 Å². The van der Waals surface area contributed by atoms with Crippen LogP contribution in [0.15, 0.2) is 0 Å². The third-order valence-corrected chi connectivity index (χ3v) is 4.52. The van der Waals surface area contributed by atoms with Gasteiger partial charge in [0, 0.05) is 39.0 Å². The zero-order valence-corrected chi connectivity index (χ0v) is 15.8. The Morgan fingerprint density at radius 1 is 1.17 bits per heavy atom. The SMILES string of the molecule is CCCN(CCC)C(=O)CCCC(=O)N1CCC(C)(CN)C1.Cl. The number of amides is 2. The Labute approximate surface area is 147 Å². The van der Waals surface area contributed by atoms with Crippen molar-refractivity contribution in [2.45, 2.75) is 59.3 Å². The minimum absolute atomic E-state index is 0. The summed E-state index contributed by atoms with van der Waals surface area (Å²) in [4.78, 5) is 28.2. The van der Waals surface area contributed by atoms with Gasteiger partial charge >= 0.3 is 0 Å². The summed E-state index contributed by atoms with van der Waals surface area (Å²) in [5.74, 6) is 0.354. The van der Waals surface area contributed by atoms with Gasteiger partial charge in [0.1, 0.15) is 0 Å². The van der Waals surface area contributed by atoms with Crippen LogP contribution in [0.2, 0.25) is 0 Å². The zero-order chi connectivity index (χ0) is 16.6. The van der Waals surface area contributed by atoms with Crippen LogP contribution in [-0.2, 0) is 9.59 Å². The van der Waals surface area contributed by atoms with Crippen molar-refractivity contribution in [3.63, 3.8) is 0 Å². The second-order valence-corrected chi connectivity index (χ2v) is 6.81. The first kappa shape index (κ1) is 22.2. The molecule has 1 heterocycles. The summed E-state index contributed by atoms with van der Waals surface area (Å²) >= 11 is 0. The highest BCUT2D eigenvalue weighted by Gasteiger charge is 2.34. The molecule has 0 aromatic heterocycles. The molecule has 1 fully saturated rings. The number of hydrogen-bond donors (Lipinski definition) is 1. The summed E-state index contributed by atoms with van der Waals surface area (Å²) in [7, 11) is 0. The van der Waals surface area contributed by atoms with Crippen LogP contribution in [0.4, 0.5) is 0 Å². The summed E-state index contributed by atoms with van der Waals surface area (Å²) in [6.07, 6.45) is 4.55. The van der Waals surface area contributed by atoms with Crippen LogP contribution >= 0.6 is 12.4 Å². The smallest absolute Gasteiger partial charge is 0.222 e. The molecule has 136 valence electrons. The number of likely N-dealkylation sites (tertiary alicyclic amines) is 1. The summed E-state index contributed by atoms with van der Waals surface area (Å²) in [6, 6.07) is 0. The lowest BCUT2D eigenvalue weighted by Crippen LogP contribution is -2.35. The molecule has 2 N–H and O–H groups in total. The maximum Gasteiger partial charge on any atom is 0.222 e. The normalized spacial score (nSPS) is 20.3. The molecule has 0 radical (unpaired) electrons. The van der Waals surface area contributed by atoms with Crippen molar-refractivity contribution in [2.24, 2.45) is 11.1 Å². The highest BCUT2D eigenvalue weighted by molar-refractivity contribution is 5.85. The molecule has 23 heavy (non-hydrogen) atoms. The number of rotatable bonds is 9. The molecule has 0 saturated carbocycles. The summed E-state index contributed by atoms with van der Waals surface area (Å²) in [6.45, 7) is 10.1. The van der Waals surface area contributed by atoms with Gasteiger partial charge in [0.05, 0.1) is 0 Å². The molecule has 1 unspecified atom stereocenters. The first-order valence-corrected chi connectivity index (χ1v) is 8.71. The molecule has 1 saturated heterocycles. The molecular weight excluding hydrogens is 314 g/mol. The molecule has 1 atom stereocenters. The Balaban J connectivity index is 0.00000484. The number of nitrogens with zero attached hydrogens (tertiary/aromatic N) is 2. The lowest BCUT2D eigenvalue weighted by atomic mass is 9.90. The van der Waals surface area contributed by atoms with Crippen LogP contribution < -0.4 is 5.73 Å². The molecule has 1 rings (SSSR count). The molecule has 0 aromatic rings. The van der Waals surface area contributed by atoms with Gasteiger partial charge in [0.2, 0.25) is 11.8 Å². The largest absolute Gasteiger partial charge is 0.343 e. The fourth-order valence-corrected chi connectivity index (χ4v) is 3.01. The predicted molar refractivity (Wildman–Crippen MR) is 96.6 cm³/mol. The molecule has 0 aliphatic carbocycles. The molecule has 0 spiro atoms.